The maximum atomic E-state index is 5.76. The van der Waals surface area contributed by atoms with Gasteiger partial charge in [-0.25, -0.2) is 0 Å². The van der Waals surface area contributed by atoms with Crippen LogP contribution < -0.4 is 14.2 Å². The van der Waals surface area contributed by atoms with Crippen molar-refractivity contribution in [1.29, 1.82) is 0 Å². The molecule has 0 unspecified atom stereocenters. The fourth-order valence-electron chi connectivity index (χ4n) is 2.22. The van der Waals surface area contributed by atoms with Crippen LogP contribution >= 0.6 is 0 Å². The monoisotopic (exact) mass is 318 g/mol. The van der Waals surface area contributed by atoms with Crippen molar-refractivity contribution in [2.24, 2.45) is 0 Å². The van der Waals surface area contributed by atoms with Gasteiger partial charge in [-0.15, -0.1) is 0 Å². The predicted octanol–water partition coefficient (Wildman–Crippen LogP) is 3.72. The Bertz CT molecular complexity index is 612. The molecule has 2 aromatic carbocycles. The number of ether oxygens (including phenoxy) is 5. The van der Waals surface area contributed by atoms with Crippen molar-refractivity contribution in [2.75, 3.05) is 34.4 Å². The van der Waals surface area contributed by atoms with Crippen LogP contribution in [0.1, 0.15) is 6.92 Å². The first-order chi connectivity index (χ1) is 11.3. The largest absolute Gasteiger partial charge is 0.493 e. The summed E-state index contributed by atoms with van der Waals surface area (Å²) in [5, 5.41) is 0. The summed E-state index contributed by atoms with van der Waals surface area (Å²) in [4.78, 5) is 0. The molecule has 0 bridgehead atoms. The standard InChI is InChI=1S/C18H22O5/c1-4-21-16-10-7-11-17(23-13-20-3)18(16)14-8-5-6-9-15(14)22-12-19-2/h5-11H,4,12-13H2,1-3H3. The molecule has 5 nitrogen and oxygen atoms in total. The van der Waals surface area contributed by atoms with Gasteiger partial charge in [-0.2, -0.15) is 0 Å². The Morgan fingerprint density at radius 2 is 1.26 bits per heavy atom. The Morgan fingerprint density at radius 1 is 0.696 bits per heavy atom. The van der Waals surface area contributed by atoms with Crippen molar-refractivity contribution in [3.8, 4) is 28.4 Å². The smallest absolute Gasteiger partial charge is 0.188 e. The molecule has 0 N–H and O–H groups in total. The minimum absolute atomic E-state index is 0.156. The molecule has 2 rings (SSSR count). The highest BCUT2D eigenvalue weighted by Crippen LogP contribution is 2.42. The molecule has 0 aliphatic heterocycles. The maximum absolute atomic E-state index is 5.76. The van der Waals surface area contributed by atoms with E-state index in [0.717, 1.165) is 16.9 Å². The minimum atomic E-state index is 0.156. The van der Waals surface area contributed by atoms with Crippen molar-refractivity contribution in [2.45, 2.75) is 6.92 Å². The van der Waals surface area contributed by atoms with Crippen LogP contribution in [0, 0.1) is 0 Å². The summed E-state index contributed by atoms with van der Waals surface area (Å²) >= 11 is 0. The molecule has 23 heavy (non-hydrogen) atoms. The molecule has 0 amide bonds. The Morgan fingerprint density at radius 3 is 1.91 bits per heavy atom. The maximum Gasteiger partial charge on any atom is 0.188 e. The first kappa shape index (κ1) is 17.1. The first-order valence-electron chi connectivity index (χ1n) is 7.40. The Hall–Kier alpha value is -2.24. The second-order valence-electron chi connectivity index (χ2n) is 4.66. The van der Waals surface area contributed by atoms with Gasteiger partial charge in [0.25, 0.3) is 0 Å². The zero-order chi connectivity index (χ0) is 16.5. The molecule has 0 fully saturated rings. The SMILES string of the molecule is CCOc1cccc(OCOC)c1-c1ccccc1OCOC. The highest BCUT2D eigenvalue weighted by atomic mass is 16.7. The molecule has 0 heterocycles. The molecule has 124 valence electrons. The molecule has 0 saturated carbocycles. The van der Waals surface area contributed by atoms with Crippen molar-refractivity contribution >= 4 is 0 Å². The van der Waals surface area contributed by atoms with E-state index in [1.54, 1.807) is 14.2 Å². The lowest BCUT2D eigenvalue weighted by atomic mass is 10.0. The summed E-state index contributed by atoms with van der Waals surface area (Å²) in [6.45, 7) is 2.83. The van der Waals surface area contributed by atoms with E-state index < -0.39 is 0 Å². The Kier molecular flexibility index (Phi) is 6.72. The highest BCUT2D eigenvalue weighted by Gasteiger charge is 2.17. The topological polar surface area (TPSA) is 46.2 Å². The predicted molar refractivity (Wildman–Crippen MR) is 88.1 cm³/mol. The van der Waals surface area contributed by atoms with E-state index in [9.17, 15) is 0 Å². The van der Waals surface area contributed by atoms with E-state index in [-0.39, 0.29) is 13.6 Å². The summed E-state index contributed by atoms with van der Waals surface area (Å²) in [5.74, 6) is 2.10. The number of para-hydroxylation sites is 1. The van der Waals surface area contributed by atoms with Gasteiger partial charge in [0.2, 0.25) is 0 Å². The van der Waals surface area contributed by atoms with Crippen LogP contribution in [-0.2, 0) is 9.47 Å². The van der Waals surface area contributed by atoms with Gasteiger partial charge in [-0.1, -0.05) is 24.3 Å². The second-order valence-corrected chi connectivity index (χ2v) is 4.66. The lowest BCUT2D eigenvalue weighted by molar-refractivity contribution is 0.0499. The number of hydrogen-bond acceptors (Lipinski definition) is 5. The number of benzene rings is 2. The van der Waals surface area contributed by atoms with Crippen LogP contribution in [-0.4, -0.2) is 34.4 Å². The summed E-state index contributed by atoms with van der Waals surface area (Å²) in [6, 6.07) is 13.4. The van der Waals surface area contributed by atoms with Crippen LogP contribution in [0.4, 0.5) is 0 Å². The van der Waals surface area contributed by atoms with Gasteiger partial charge in [0.15, 0.2) is 13.6 Å². The molecular formula is C18H22O5. The molecule has 2 aromatic rings. The summed E-state index contributed by atoms with van der Waals surface area (Å²) in [7, 11) is 3.17. The Labute approximate surface area is 136 Å². The van der Waals surface area contributed by atoms with Gasteiger partial charge < -0.3 is 23.7 Å². The van der Waals surface area contributed by atoms with Gasteiger partial charge >= 0.3 is 0 Å². The minimum Gasteiger partial charge on any atom is -0.493 e. The molecule has 0 aromatic heterocycles. The second kappa shape index (κ2) is 9.02. The summed E-state index contributed by atoms with van der Waals surface area (Å²) in [6.07, 6.45) is 0. The highest BCUT2D eigenvalue weighted by molar-refractivity contribution is 5.81. The molecule has 5 heteroatoms. The third kappa shape index (κ3) is 4.37. The van der Waals surface area contributed by atoms with Gasteiger partial charge in [0.1, 0.15) is 17.2 Å². The molecule has 0 radical (unpaired) electrons. The number of rotatable bonds is 9. The quantitative estimate of drug-likeness (QED) is 0.659. The van der Waals surface area contributed by atoms with Crippen molar-refractivity contribution in [1.82, 2.24) is 0 Å². The fraction of sp³-hybridized carbons (Fsp3) is 0.333. The Balaban J connectivity index is 2.51. The van der Waals surface area contributed by atoms with Crippen LogP contribution in [0.15, 0.2) is 42.5 Å². The number of methoxy groups -OCH3 is 2. The van der Waals surface area contributed by atoms with Crippen LogP contribution in [0.2, 0.25) is 0 Å². The summed E-state index contributed by atoms with van der Waals surface area (Å²) < 4.78 is 27.2. The van der Waals surface area contributed by atoms with E-state index >= 15 is 0 Å². The molecule has 0 saturated heterocycles. The molecular weight excluding hydrogens is 296 g/mol. The van der Waals surface area contributed by atoms with Gasteiger partial charge in [0, 0.05) is 19.8 Å². The molecule has 0 aliphatic carbocycles. The van der Waals surface area contributed by atoms with Crippen LogP contribution in [0.3, 0.4) is 0 Å². The van der Waals surface area contributed by atoms with Crippen molar-refractivity contribution in [3.05, 3.63) is 42.5 Å². The van der Waals surface area contributed by atoms with Gasteiger partial charge in [-0.05, 0) is 25.1 Å². The first-order valence-corrected chi connectivity index (χ1v) is 7.40. The van der Waals surface area contributed by atoms with Crippen LogP contribution in [0.5, 0.6) is 17.2 Å². The van der Waals surface area contributed by atoms with Crippen molar-refractivity contribution in [3.63, 3.8) is 0 Å². The molecule has 0 atom stereocenters. The third-order valence-corrected chi connectivity index (χ3v) is 3.11. The van der Waals surface area contributed by atoms with Crippen LogP contribution in [0.25, 0.3) is 11.1 Å². The summed E-state index contributed by atoms with van der Waals surface area (Å²) in [5.41, 5.74) is 1.71. The molecule has 0 aliphatic rings. The average Bonchev–Trinajstić information content (AvgIpc) is 2.59. The third-order valence-electron chi connectivity index (χ3n) is 3.11. The number of hydrogen-bond donors (Lipinski definition) is 0. The zero-order valence-corrected chi connectivity index (χ0v) is 13.7. The van der Waals surface area contributed by atoms with E-state index in [1.807, 2.05) is 49.4 Å². The average molecular weight is 318 g/mol. The molecule has 0 spiro atoms. The lowest BCUT2D eigenvalue weighted by Gasteiger charge is -2.18. The van der Waals surface area contributed by atoms with Crippen molar-refractivity contribution < 1.29 is 23.7 Å². The van der Waals surface area contributed by atoms with Gasteiger partial charge in [0.05, 0.1) is 12.2 Å². The fourth-order valence-corrected chi connectivity index (χ4v) is 2.22. The van der Waals surface area contributed by atoms with E-state index in [4.69, 9.17) is 23.7 Å². The van der Waals surface area contributed by atoms with E-state index in [1.165, 1.54) is 0 Å². The lowest BCUT2D eigenvalue weighted by Crippen LogP contribution is -2.04. The van der Waals surface area contributed by atoms with E-state index in [0.29, 0.717) is 18.1 Å². The zero-order valence-electron chi connectivity index (χ0n) is 13.7. The van der Waals surface area contributed by atoms with E-state index in [2.05, 4.69) is 0 Å². The van der Waals surface area contributed by atoms with Gasteiger partial charge in [-0.3, -0.25) is 0 Å². The normalized spacial score (nSPS) is 10.4.